The fourth-order valence-corrected chi connectivity index (χ4v) is 4.05. The third kappa shape index (κ3) is 2.65. The monoisotopic (exact) mass is 363 g/mol. The molecule has 1 fully saturated rings. The Morgan fingerprint density at radius 3 is 2.81 bits per heavy atom. The second-order valence-electron chi connectivity index (χ2n) is 7.75. The lowest BCUT2D eigenvalue weighted by Crippen LogP contribution is -2.41. The van der Waals surface area contributed by atoms with E-state index < -0.39 is 0 Å². The summed E-state index contributed by atoms with van der Waals surface area (Å²) < 4.78 is 2.20. The van der Waals surface area contributed by atoms with E-state index in [1.165, 1.54) is 18.9 Å². The smallest absolute Gasteiger partial charge is 0.255 e. The average molecular weight is 363 g/mol. The Kier molecular flexibility index (Phi) is 3.47. The van der Waals surface area contributed by atoms with Crippen molar-refractivity contribution in [2.24, 2.45) is 0 Å². The van der Waals surface area contributed by atoms with E-state index in [0.717, 1.165) is 22.6 Å². The Balaban J connectivity index is 1.54. The van der Waals surface area contributed by atoms with Gasteiger partial charge in [0.2, 0.25) is 5.56 Å². The highest BCUT2D eigenvalue weighted by molar-refractivity contribution is 6.06. The molecule has 7 nitrogen and oxygen atoms in total. The molecule has 0 spiro atoms. The van der Waals surface area contributed by atoms with E-state index in [2.05, 4.69) is 26.7 Å². The number of hydrogen-bond donors (Lipinski definition) is 1. The summed E-state index contributed by atoms with van der Waals surface area (Å²) in [6, 6.07) is 7.25. The molecule has 1 amide bonds. The standard InChI is InChI=1S/C20H21N5O2/c1-11-3-6-16-14(7-11)15(8-18(26)21-16)20(27)24-9-12(2)25-17(10-24)22-23-19(25)13-4-5-13/h3,6-8,12-13H,4-5,9-10H2,1-2H3,(H,21,26)/t12-/m0/s1. The van der Waals surface area contributed by atoms with Gasteiger partial charge in [0.1, 0.15) is 5.82 Å². The minimum Gasteiger partial charge on any atom is -0.329 e. The molecule has 27 heavy (non-hydrogen) atoms. The fraction of sp³-hybridized carbons (Fsp3) is 0.400. The van der Waals surface area contributed by atoms with Gasteiger partial charge >= 0.3 is 0 Å². The number of rotatable bonds is 2. The van der Waals surface area contributed by atoms with Crippen molar-refractivity contribution in [3.8, 4) is 0 Å². The molecule has 0 unspecified atom stereocenters. The van der Waals surface area contributed by atoms with Gasteiger partial charge in [-0.15, -0.1) is 10.2 Å². The fourth-order valence-electron chi connectivity index (χ4n) is 4.05. The summed E-state index contributed by atoms with van der Waals surface area (Å²) in [6.07, 6.45) is 2.34. The number of aromatic amines is 1. The van der Waals surface area contributed by atoms with Crippen molar-refractivity contribution in [2.45, 2.75) is 45.2 Å². The van der Waals surface area contributed by atoms with Crippen molar-refractivity contribution < 1.29 is 4.79 Å². The lowest BCUT2D eigenvalue weighted by molar-refractivity contribution is 0.0681. The Morgan fingerprint density at radius 2 is 2.04 bits per heavy atom. The molecule has 1 aliphatic carbocycles. The normalized spacial score (nSPS) is 19.3. The molecule has 0 radical (unpaired) electrons. The average Bonchev–Trinajstić information content (AvgIpc) is 3.40. The molecule has 0 bridgehead atoms. The van der Waals surface area contributed by atoms with Crippen molar-refractivity contribution in [1.82, 2.24) is 24.6 Å². The third-order valence-corrected chi connectivity index (χ3v) is 5.51. The second-order valence-corrected chi connectivity index (χ2v) is 7.75. The lowest BCUT2D eigenvalue weighted by Gasteiger charge is -2.33. The zero-order chi connectivity index (χ0) is 18.7. The van der Waals surface area contributed by atoms with Gasteiger partial charge in [-0.3, -0.25) is 9.59 Å². The maximum absolute atomic E-state index is 13.3. The number of carbonyl (C=O) groups is 1. The van der Waals surface area contributed by atoms with Crippen LogP contribution in [0.15, 0.2) is 29.1 Å². The van der Waals surface area contributed by atoms with Crippen LogP contribution in [-0.4, -0.2) is 37.1 Å². The van der Waals surface area contributed by atoms with Crippen molar-refractivity contribution >= 4 is 16.8 Å². The second kappa shape index (κ2) is 5.77. The highest BCUT2D eigenvalue weighted by Gasteiger charge is 2.36. The zero-order valence-corrected chi connectivity index (χ0v) is 15.4. The Labute approximate surface area is 156 Å². The molecule has 1 aliphatic heterocycles. The van der Waals surface area contributed by atoms with Crippen LogP contribution in [0.1, 0.15) is 59.3 Å². The van der Waals surface area contributed by atoms with Crippen LogP contribution < -0.4 is 5.56 Å². The molecular formula is C20H21N5O2. The Morgan fingerprint density at radius 1 is 1.22 bits per heavy atom. The molecular weight excluding hydrogens is 342 g/mol. The number of hydrogen-bond acceptors (Lipinski definition) is 4. The minimum absolute atomic E-state index is 0.123. The van der Waals surface area contributed by atoms with E-state index in [1.54, 1.807) is 4.90 Å². The van der Waals surface area contributed by atoms with Gasteiger partial charge in [-0.1, -0.05) is 11.6 Å². The van der Waals surface area contributed by atoms with E-state index in [0.29, 0.717) is 30.1 Å². The zero-order valence-electron chi connectivity index (χ0n) is 15.4. The molecule has 7 heteroatoms. The van der Waals surface area contributed by atoms with E-state index in [4.69, 9.17) is 0 Å². The highest BCUT2D eigenvalue weighted by Crippen LogP contribution is 2.41. The molecule has 1 N–H and O–H groups in total. The number of pyridine rings is 1. The molecule has 3 heterocycles. The van der Waals surface area contributed by atoms with Crippen LogP contribution in [0.5, 0.6) is 0 Å². The van der Waals surface area contributed by atoms with Gasteiger partial charge in [0, 0.05) is 29.4 Å². The number of carbonyl (C=O) groups excluding carboxylic acids is 1. The largest absolute Gasteiger partial charge is 0.329 e. The SMILES string of the molecule is Cc1ccc2[nH]c(=O)cc(C(=O)N3Cc4nnc(C5CC5)n4[C@@H](C)C3)c2c1. The van der Waals surface area contributed by atoms with Crippen molar-refractivity contribution in [2.75, 3.05) is 6.54 Å². The number of aryl methyl sites for hydroxylation is 1. The van der Waals surface area contributed by atoms with Crippen LogP contribution in [0.25, 0.3) is 10.9 Å². The van der Waals surface area contributed by atoms with E-state index in [1.807, 2.05) is 25.1 Å². The predicted octanol–water partition coefficient (Wildman–Crippen LogP) is 2.52. The predicted molar refractivity (Wildman–Crippen MR) is 101 cm³/mol. The highest BCUT2D eigenvalue weighted by atomic mass is 16.2. The topological polar surface area (TPSA) is 83.9 Å². The van der Waals surface area contributed by atoms with Gasteiger partial charge < -0.3 is 14.5 Å². The number of benzene rings is 1. The summed E-state index contributed by atoms with van der Waals surface area (Å²) in [4.78, 5) is 30.0. The molecule has 0 saturated heterocycles. The molecule has 138 valence electrons. The summed E-state index contributed by atoms with van der Waals surface area (Å²) in [5.41, 5.74) is 1.91. The molecule has 5 rings (SSSR count). The van der Waals surface area contributed by atoms with Crippen molar-refractivity contribution in [3.63, 3.8) is 0 Å². The molecule has 2 aliphatic rings. The van der Waals surface area contributed by atoms with Crippen LogP contribution in [0.2, 0.25) is 0 Å². The first-order chi connectivity index (χ1) is 13.0. The summed E-state index contributed by atoms with van der Waals surface area (Å²) in [5, 5.41) is 9.49. The van der Waals surface area contributed by atoms with Gasteiger partial charge in [-0.25, -0.2) is 0 Å². The van der Waals surface area contributed by atoms with E-state index in [9.17, 15) is 9.59 Å². The van der Waals surface area contributed by atoms with Gasteiger partial charge in [0.15, 0.2) is 5.82 Å². The first-order valence-corrected chi connectivity index (χ1v) is 9.38. The lowest BCUT2D eigenvalue weighted by atomic mass is 10.0. The summed E-state index contributed by atoms with van der Waals surface area (Å²) >= 11 is 0. The first kappa shape index (κ1) is 16.2. The van der Waals surface area contributed by atoms with Gasteiger partial charge in [0.25, 0.3) is 5.91 Å². The minimum atomic E-state index is -0.265. The molecule has 2 aromatic heterocycles. The summed E-state index contributed by atoms with van der Waals surface area (Å²) in [5.74, 6) is 2.28. The van der Waals surface area contributed by atoms with Crippen molar-refractivity contribution in [3.05, 3.63) is 57.4 Å². The van der Waals surface area contributed by atoms with Gasteiger partial charge in [-0.2, -0.15) is 0 Å². The summed E-state index contributed by atoms with van der Waals surface area (Å²) in [7, 11) is 0. The van der Waals surface area contributed by atoms with E-state index in [-0.39, 0.29) is 17.5 Å². The molecule has 3 aromatic rings. The van der Waals surface area contributed by atoms with Crippen LogP contribution in [0.3, 0.4) is 0 Å². The van der Waals surface area contributed by atoms with Crippen LogP contribution >= 0.6 is 0 Å². The van der Waals surface area contributed by atoms with Crippen molar-refractivity contribution in [1.29, 1.82) is 0 Å². The molecule has 1 aromatic carbocycles. The van der Waals surface area contributed by atoms with Gasteiger partial charge in [-0.05, 0) is 38.8 Å². The van der Waals surface area contributed by atoms with Crippen LogP contribution in [0.4, 0.5) is 0 Å². The van der Waals surface area contributed by atoms with Crippen LogP contribution in [0, 0.1) is 6.92 Å². The maximum Gasteiger partial charge on any atom is 0.255 e. The number of nitrogens with one attached hydrogen (secondary N) is 1. The van der Waals surface area contributed by atoms with Crippen LogP contribution in [-0.2, 0) is 6.54 Å². The maximum atomic E-state index is 13.3. The Bertz CT molecular complexity index is 1130. The number of H-pyrrole nitrogens is 1. The van der Waals surface area contributed by atoms with Gasteiger partial charge in [0.05, 0.1) is 18.2 Å². The number of fused-ring (bicyclic) bond motifs is 2. The number of nitrogens with zero attached hydrogens (tertiary/aromatic N) is 4. The quantitative estimate of drug-likeness (QED) is 0.758. The molecule has 1 saturated carbocycles. The number of aromatic nitrogens is 4. The molecule has 1 atom stereocenters. The summed E-state index contributed by atoms with van der Waals surface area (Å²) in [6.45, 7) is 5.08. The van der Waals surface area contributed by atoms with E-state index >= 15 is 0 Å². The Hall–Kier alpha value is -2.96. The third-order valence-electron chi connectivity index (χ3n) is 5.51. The number of amides is 1. The first-order valence-electron chi connectivity index (χ1n) is 9.38.